The maximum atomic E-state index is 5.20. The van der Waals surface area contributed by atoms with Crippen LogP contribution in [-0.2, 0) is 4.74 Å². The van der Waals surface area contributed by atoms with Crippen molar-refractivity contribution < 1.29 is 4.74 Å². The van der Waals surface area contributed by atoms with Gasteiger partial charge in [0.2, 0.25) is 0 Å². The van der Waals surface area contributed by atoms with Gasteiger partial charge in [0.15, 0.2) is 0 Å². The zero-order chi connectivity index (χ0) is 7.66. The second-order valence-electron chi connectivity index (χ2n) is 2.16. The molecule has 2 nitrogen and oxygen atoms in total. The van der Waals surface area contributed by atoms with Crippen LogP contribution in [0.25, 0.3) is 0 Å². The summed E-state index contributed by atoms with van der Waals surface area (Å²) >= 11 is 0. The average molecular weight is 158 g/mol. The molecule has 0 amide bonds. The van der Waals surface area contributed by atoms with Crippen molar-refractivity contribution in [3.8, 4) is 0 Å². The lowest BCUT2D eigenvalue weighted by molar-refractivity contribution is 0.117. The van der Waals surface area contributed by atoms with Crippen LogP contribution in [-0.4, -0.2) is 30.1 Å². The normalized spacial score (nSPS) is 10.2. The van der Waals surface area contributed by atoms with Gasteiger partial charge in [-0.1, -0.05) is 13.0 Å². The summed E-state index contributed by atoms with van der Waals surface area (Å²) in [6.07, 6.45) is 2.26. The molecule has 0 aliphatic carbocycles. The van der Waals surface area contributed by atoms with E-state index >= 15 is 0 Å². The van der Waals surface area contributed by atoms with E-state index in [0.29, 0.717) is 6.73 Å². The number of hydrogen-bond acceptors (Lipinski definition) is 2. The lowest BCUT2D eigenvalue weighted by Crippen LogP contribution is -2.19. The highest BCUT2D eigenvalue weighted by Crippen LogP contribution is 1.81. The quantitative estimate of drug-likeness (QED) is 0.338. The van der Waals surface area contributed by atoms with Gasteiger partial charge in [0, 0.05) is 16.8 Å². The van der Waals surface area contributed by atoms with Gasteiger partial charge < -0.3 is 4.74 Å². The zero-order valence-corrected chi connectivity index (χ0v) is 7.65. The van der Waals surface area contributed by atoms with Crippen LogP contribution in [0.2, 0.25) is 6.04 Å². The van der Waals surface area contributed by atoms with Crippen LogP contribution in [0.15, 0.2) is 0 Å². The third-order valence-corrected chi connectivity index (χ3v) is 1.44. The van der Waals surface area contributed by atoms with Gasteiger partial charge >= 0.3 is 0 Å². The Balaban J connectivity index is 2.65. The molecular formula is C7H16NOSi. The van der Waals surface area contributed by atoms with Crippen LogP contribution in [0, 0.1) is 0 Å². The Morgan fingerprint density at radius 1 is 1.50 bits per heavy atom. The minimum absolute atomic E-state index is 0.695. The summed E-state index contributed by atoms with van der Waals surface area (Å²) in [5.74, 6) is 0. The van der Waals surface area contributed by atoms with E-state index in [1.165, 1.54) is 0 Å². The minimum atomic E-state index is 0.695. The van der Waals surface area contributed by atoms with Crippen LogP contribution in [0.1, 0.15) is 19.8 Å². The topological polar surface area (TPSA) is 21.3 Å². The molecule has 1 N–H and O–H groups in total. The molecule has 10 heavy (non-hydrogen) atoms. The lowest BCUT2D eigenvalue weighted by Gasteiger charge is -2.03. The van der Waals surface area contributed by atoms with Gasteiger partial charge in [0.25, 0.3) is 0 Å². The number of nitrogens with one attached hydrogen (secondary N) is 1. The predicted octanol–water partition coefficient (Wildman–Crippen LogP) is 0.937. The maximum Gasteiger partial charge on any atom is 0.0965 e. The fourth-order valence-corrected chi connectivity index (χ4v) is 0.751. The van der Waals surface area contributed by atoms with Crippen molar-refractivity contribution in [2.75, 3.05) is 19.9 Å². The van der Waals surface area contributed by atoms with Gasteiger partial charge in [-0.3, -0.25) is 5.32 Å². The molecule has 0 aromatic rings. The Morgan fingerprint density at radius 3 is 2.90 bits per heavy atom. The zero-order valence-electron chi connectivity index (χ0n) is 6.65. The average Bonchev–Trinajstić information content (AvgIpc) is 1.97. The van der Waals surface area contributed by atoms with Gasteiger partial charge in [0.1, 0.15) is 0 Å². The third kappa shape index (κ3) is 8.14. The number of hydrogen-bond donors (Lipinski definition) is 1. The summed E-state index contributed by atoms with van der Waals surface area (Å²) in [7, 11) is 3.39. The first-order valence-electron chi connectivity index (χ1n) is 3.85. The highest BCUT2D eigenvalue weighted by molar-refractivity contribution is 6.08. The molecule has 0 aliphatic rings. The molecule has 0 aromatic carbocycles. The molecule has 0 spiro atoms. The minimum Gasteiger partial charge on any atom is -0.366 e. The molecular weight excluding hydrogens is 142 g/mol. The molecule has 0 unspecified atom stereocenters. The largest absolute Gasteiger partial charge is 0.366 e. The van der Waals surface area contributed by atoms with Gasteiger partial charge in [-0.25, -0.2) is 0 Å². The fraction of sp³-hybridized carbons (Fsp3) is 1.00. The summed E-state index contributed by atoms with van der Waals surface area (Å²) in [6.45, 7) is 4.70. The van der Waals surface area contributed by atoms with Gasteiger partial charge in [-0.05, 0) is 19.4 Å². The smallest absolute Gasteiger partial charge is 0.0965 e. The molecule has 3 heteroatoms. The Hall–Kier alpha value is 0.137. The van der Waals surface area contributed by atoms with Crippen LogP contribution < -0.4 is 5.32 Å². The van der Waals surface area contributed by atoms with Gasteiger partial charge in [-0.2, -0.15) is 0 Å². The summed E-state index contributed by atoms with van der Waals surface area (Å²) < 4.78 is 5.20. The molecule has 0 heterocycles. The summed E-state index contributed by atoms with van der Waals surface area (Å²) in [5, 5.41) is 3.17. The number of ether oxygens (including phenoxy) is 1. The van der Waals surface area contributed by atoms with E-state index in [0.717, 1.165) is 32.0 Å². The van der Waals surface area contributed by atoms with Gasteiger partial charge in [0.05, 0.1) is 6.73 Å². The predicted molar refractivity (Wildman–Crippen MR) is 44.3 cm³/mol. The Bertz CT molecular complexity index is 53.6. The van der Waals surface area contributed by atoms with E-state index < -0.39 is 0 Å². The van der Waals surface area contributed by atoms with Crippen LogP contribution >= 0.6 is 0 Å². The second-order valence-corrected chi connectivity index (χ2v) is 2.66. The Labute approximate surface area is 66.8 Å². The molecule has 0 aliphatic heterocycles. The lowest BCUT2D eigenvalue weighted by atomic mass is 10.5. The van der Waals surface area contributed by atoms with Crippen molar-refractivity contribution >= 4 is 10.2 Å². The molecule has 0 saturated carbocycles. The molecule has 0 saturated heterocycles. The van der Waals surface area contributed by atoms with Crippen molar-refractivity contribution in [3.63, 3.8) is 0 Å². The molecule has 0 fully saturated rings. The molecule has 0 rings (SSSR count). The highest BCUT2D eigenvalue weighted by Gasteiger charge is 1.84. The van der Waals surface area contributed by atoms with Crippen molar-refractivity contribution in [3.05, 3.63) is 0 Å². The Kier molecular flexibility index (Phi) is 9.26. The van der Waals surface area contributed by atoms with Crippen LogP contribution in [0.4, 0.5) is 0 Å². The summed E-state index contributed by atoms with van der Waals surface area (Å²) in [6, 6.07) is 1.06. The van der Waals surface area contributed by atoms with E-state index in [9.17, 15) is 0 Å². The van der Waals surface area contributed by atoms with E-state index in [2.05, 4.69) is 22.5 Å². The molecule has 0 aromatic heterocycles. The first-order valence-corrected chi connectivity index (χ1v) is 4.55. The van der Waals surface area contributed by atoms with Crippen molar-refractivity contribution in [2.45, 2.75) is 25.8 Å². The van der Waals surface area contributed by atoms with Crippen molar-refractivity contribution in [1.29, 1.82) is 0 Å². The van der Waals surface area contributed by atoms with E-state index in [1.807, 2.05) is 0 Å². The summed E-state index contributed by atoms with van der Waals surface area (Å²) in [4.78, 5) is 0. The van der Waals surface area contributed by atoms with E-state index in [-0.39, 0.29) is 0 Å². The second kappa shape index (κ2) is 9.14. The standard InChI is InChI=1S/C7H16NOSi/c1-2-5-9-7-8-4-3-6-10/h8H,2-7H2,1H3. The fourth-order valence-electron chi connectivity index (χ4n) is 0.574. The number of rotatable bonds is 7. The highest BCUT2D eigenvalue weighted by atomic mass is 28.1. The van der Waals surface area contributed by atoms with Crippen molar-refractivity contribution in [1.82, 2.24) is 5.32 Å². The van der Waals surface area contributed by atoms with E-state index in [1.54, 1.807) is 0 Å². The SMILES string of the molecule is CCCOCNCCC[Si]. The maximum absolute atomic E-state index is 5.20. The Morgan fingerprint density at radius 2 is 2.30 bits per heavy atom. The first-order chi connectivity index (χ1) is 4.91. The van der Waals surface area contributed by atoms with Crippen LogP contribution in [0.5, 0.6) is 0 Å². The van der Waals surface area contributed by atoms with Crippen molar-refractivity contribution in [2.24, 2.45) is 0 Å². The van der Waals surface area contributed by atoms with Gasteiger partial charge in [-0.15, -0.1) is 0 Å². The third-order valence-electron chi connectivity index (χ3n) is 1.08. The molecule has 0 bridgehead atoms. The molecule has 3 radical (unpaired) electrons. The van der Waals surface area contributed by atoms with Crippen LogP contribution in [0.3, 0.4) is 0 Å². The molecule has 59 valence electrons. The first kappa shape index (κ1) is 10.1. The molecule has 0 atom stereocenters. The van der Waals surface area contributed by atoms with E-state index in [4.69, 9.17) is 4.74 Å². The summed E-state index contributed by atoms with van der Waals surface area (Å²) in [5.41, 5.74) is 0. The monoisotopic (exact) mass is 158 g/mol.